The summed E-state index contributed by atoms with van der Waals surface area (Å²) in [5.41, 5.74) is 4.45. The molecule has 0 saturated carbocycles. The minimum absolute atomic E-state index is 0.0136. The van der Waals surface area contributed by atoms with Crippen molar-refractivity contribution < 1.29 is 81.3 Å². The Kier molecular flexibility index (Phi) is 30.0. The third-order valence-corrected chi connectivity index (χ3v) is 16.4. The molecular weight excluding hydrogens is 1300 g/mol. The van der Waals surface area contributed by atoms with Crippen molar-refractivity contribution in [3.8, 4) is 23.0 Å². The van der Waals surface area contributed by atoms with Crippen LogP contribution in [0.25, 0.3) is 0 Å². The predicted molar refractivity (Wildman–Crippen MR) is 382 cm³/mol. The molecule has 1 unspecified atom stereocenters. The van der Waals surface area contributed by atoms with Crippen molar-refractivity contribution >= 4 is 64.8 Å². The number of amides is 7. The summed E-state index contributed by atoms with van der Waals surface area (Å²) in [5.74, 6) is -1.51. The third-order valence-electron chi connectivity index (χ3n) is 16.4. The number of hydrogen-bond donors (Lipinski definition) is 5. The fraction of sp³-hybridized carbons (Fsp3) is 0.395. The molecule has 0 spiro atoms. The number of carbonyl (C=O) groups is 7. The average Bonchev–Trinajstić information content (AvgIpc) is 1.63. The summed E-state index contributed by atoms with van der Waals surface area (Å²) < 4.78 is 51.9. The van der Waals surface area contributed by atoms with Crippen molar-refractivity contribution in [2.75, 3.05) is 97.0 Å². The van der Waals surface area contributed by atoms with Crippen LogP contribution in [0, 0.1) is 5.92 Å². The summed E-state index contributed by atoms with van der Waals surface area (Å²) in [5, 5.41) is 23.2. The lowest BCUT2D eigenvalue weighted by Crippen LogP contribution is -2.53. The summed E-state index contributed by atoms with van der Waals surface area (Å²) in [4.78, 5) is 103. The van der Waals surface area contributed by atoms with Crippen LogP contribution in [0.3, 0.4) is 0 Å². The van der Waals surface area contributed by atoms with E-state index >= 15 is 0 Å². The van der Waals surface area contributed by atoms with Gasteiger partial charge in [-0.3, -0.25) is 33.8 Å². The van der Waals surface area contributed by atoms with Crippen molar-refractivity contribution in [2.24, 2.45) is 10.9 Å². The van der Waals surface area contributed by atoms with E-state index in [1.165, 1.54) is 38.2 Å². The normalized spacial score (nSPS) is 19.6. The Labute approximate surface area is 589 Å². The molecule has 538 valence electrons. The standard InChI is InChI=1S/C76H92N8O17/c1-8-20-55-40-58-47-78-61-45-66(64(93-6)43-59(61)73(89)82(58)48-55)99-30-19-31-100-67-46-62-60(44-65(67)94-7)74(90)83-49-56(21-9-2)41-63(83)75(91)84(62)76(92)101-50-54-24-26-57(27-25-54)80-71(87)52(5)79-72(88)70(51(3)4)81-68(85)28-32-95-34-36-97-38-39-98-37-35-96-33-29-77-69(86)42-53-22-17-15-13-11-10-12-14-16-18-23-53/h8-18,20-27,43-49,51-52,58,63,70,75,91H,19,28-42,50H2,1-7H3,(H,77,86)(H,79,88)(H,80,87)(H,81,85)/b11-10-,12-10?,13-11?,14-12-,15-13-,16-14?,17-15?,18-16-,20-8+,21-9+,22-17-,23-18?,53-22?,53-23+/t52-,58-,63?,70-,75-/m0/s1. The topological polar surface area (TPSA) is 293 Å². The van der Waals surface area contributed by atoms with Crippen LogP contribution in [0.15, 0.2) is 174 Å². The lowest BCUT2D eigenvalue weighted by molar-refractivity contribution is -0.132. The minimum Gasteiger partial charge on any atom is -0.493 e. The van der Waals surface area contributed by atoms with Gasteiger partial charge in [-0.25, -0.2) is 9.69 Å². The second kappa shape index (κ2) is 39.6. The van der Waals surface area contributed by atoms with Crippen LogP contribution >= 0.6 is 0 Å². The Balaban J connectivity index is 0.743. The van der Waals surface area contributed by atoms with Gasteiger partial charge in [0.15, 0.2) is 29.2 Å². The number of nitrogens with one attached hydrogen (secondary N) is 4. The number of methoxy groups -OCH3 is 2. The van der Waals surface area contributed by atoms with Crippen molar-refractivity contribution in [1.29, 1.82) is 0 Å². The molecule has 4 heterocycles. The summed E-state index contributed by atoms with van der Waals surface area (Å²) in [7, 11) is 2.91. The number of aliphatic hydroxyl groups excluding tert-OH is 1. The molecule has 3 aromatic rings. The quantitative estimate of drug-likeness (QED) is 0.0343. The van der Waals surface area contributed by atoms with E-state index in [0.717, 1.165) is 21.6 Å². The molecule has 7 amide bonds. The van der Waals surface area contributed by atoms with Gasteiger partial charge in [0.1, 0.15) is 18.7 Å². The summed E-state index contributed by atoms with van der Waals surface area (Å²) in [6.45, 7) is 11.5. The number of allylic oxidation sites excluding steroid dienone is 15. The molecule has 5 aliphatic rings. The maximum Gasteiger partial charge on any atom is 0.416 e. The zero-order valence-corrected chi connectivity index (χ0v) is 58.3. The van der Waals surface area contributed by atoms with E-state index in [2.05, 4.69) is 26.3 Å². The highest BCUT2D eigenvalue weighted by Crippen LogP contribution is 2.43. The highest BCUT2D eigenvalue weighted by atomic mass is 16.6. The van der Waals surface area contributed by atoms with Crippen LogP contribution in [0.2, 0.25) is 0 Å². The molecule has 3 aromatic carbocycles. The molecule has 0 saturated heterocycles. The molecule has 8 rings (SSSR count). The first-order valence-electron chi connectivity index (χ1n) is 33.8. The Bertz CT molecular complexity index is 3750. The molecule has 25 nitrogen and oxygen atoms in total. The van der Waals surface area contributed by atoms with E-state index in [1.54, 1.807) is 67.6 Å². The highest BCUT2D eigenvalue weighted by molar-refractivity contribution is 6.07. The van der Waals surface area contributed by atoms with E-state index in [4.69, 9.17) is 42.6 Å². The molecule has 4 aliphatic heterocycles. The lowest BCUT2D eigenvalue weighted by atomic mass is 10.0. The van der Waals surface area contributed by atoms with Gasteiger partial charge in [0.05, 0.1) is 121 Å². The number of aliphatic imine (C=N–C) groups is 1. The van der Waals surface area contributed by atoms with Crippen LogP contribution in [0.4, 0.5) is 21.9 Å². The first-order chi connectivity index (χ1) is 49.0. The fourth-order valence-electron chi connectivity index (χ4n) is 11.2. The van der Waals surface area contributed by atoms with Crippen molar-refractivity contribution in [3.63, 3.8) is 0 Å². The number of rotatable bonds is 35. The van der Waals surface area contributed by atoms with Crippen molar-refractivity contribution in [2.45, 2.75) is 104 Å². The number of anilines is 2. The van der Waals surface area contributed by atoms with E-state index in [9.17, 15) is 38.7 Å². The maximum absolute atomic E-state index is 14.4. The largest absolute Gasteiger partial charge is 0.493 e. The monoisotopic (exact) mass is 1390 g/mol. The van der Waals surface area contributed by atoms with Gasteiger partial charge in [0.25, 0.3) is 11.8 Å². The molecule has 0 radical (unpaired) electrons. The Morgan fingerprint density at radius 3 is 1.87 bits per heavy atom. The fourth-order valence-corrected chi connectivity index (χ4v) is 11.2. The van der Waals surface area contributed by atoms with Gasteiger partial charge in [0.2, 0.25) is 23.6 Å². The van der Waals surface area contributed by atoms with Gasteiger partial charge >= 0.3 is 6.09 Å². The third kappa shape index (κ3) is 22.4. The Morgan fingerprint density at radius 2 is 1.23 bits per heavy atom. The lowest BCUT2D eigenvalue weighted by Gasteiger charge is -2.31. The number of nitrogens with zero attached hydrogens (tertiary/aromatic N) is 4. The van der Waals surface area contributed by atoms with Gasteiger partial charge in [0, 0.05) is 55.8 Å². The first-order valence-corrected chi connectivity index (χ1v) is 33.8. The van der Waals surface area contributed by atoms with Gasteiger partial charge in [-0.2, -0.15) is 0 Å². The minimum atomic E-state index is -1.58. The van der Waals surface area contributed by atoms with Gasteiger partial charge in [-0.15, -0.1) is 0 Å². The zero-order chi connectivity index (χ0) is 72.0. The van der Waals surface area contributed by atoms with Gasteiger partial charge < -0.3 is 78.8 Å². The predicted octanol–water partition coefficient (Wildman–Crippen LogP) is 9.36. The molecule has 0 bridgehead atoms. The number of carbonyl (C=O) groups excluding carboxylic acids is 7. The van der Waals surface area contributed by atoms with Gasteiger partial charge in [-0.1, -0.05) is 117 Å². The van der Waals surface area contributed by atoms with Crippen LogP contribution in [-0.2, 0) is 49.5 Å². The van der Waals surface area contributed by atoms with Crippen LogP contribution in [0.5, 0.6) is 23.0 Å². The number of benzene rings is 3. The van der Waals surface area contributed by atoms with Crippen molar-refractivity contribution in [1.82, 2.24) is 25.8 Å². The second-order valence-corrected chi connectivity index (χ2v) is 24.2. The SMILES string of the molecule is C/C=C/C1=CN2C(=O)c3cc(OC)c(OCCCOc4cc5c(cc4OC)C(=O)N4C=C(/C=C/C)C[C@H]4C=N5)cc3N(C(=O)OCc3ccc(NC(=O)[C@H](C)NC(=O)[C@@H](NC(=O)CCOCCOCCOCCOCCNC(=O)CC4=C/C=C\C=C/C=C\C=C/C=C\4)C(C)C)cc3)[C@@H](O)C2C1. The molecule has 5 N–H and O–H groups in total. The number of ether oxygens (including phenoxy) is 9. The maximum atomic E-state index is 14.4. The first kappa shape index (κ1) is 76.6. The molecule has 5 atom stereocenters. The molecule has 25 heteroatoms. The van der Waals surface area contributed by atoms with E-state index in [0.29, 0.717) is 86.4 Å². The number of hydrogen-bond acceptors (Lipinski definition) is 18. The van der Waals surface area contributed by atoms with Gasteiger partial charge in [-0.05, 0) is 86.1 Å². The Hall–Kier alpha value is -10.2. The molecular formula is C76H92N8O17. The van der Waals surface area contributed by atoms with Crippen LogP contribution in [0.1, 0.15) is 93.0 Å². The van der Waals surface area contributed by atoms with E-state index in [1.807, 2.05) is 111 Å². The zero-order valence-electron chi connectivity index (χ0n) is 58.3. The van der Waals surface area contributed by atoms with Crippen molar-refractivity contribution in [3.05, 3.63) is 185 Å². The second-order valence-electron chi connectivity index (χ2n) is 24.2. The van der Waals surface area contributed by atoms with Crippen LogP contribution < -0.4 is 45.1 Å². The molecule has 0 aromatic heterocycles. The van der Waals surface area contributed by atoms with E-state index in [-0.39, 0.29) is 105 Å². The van der Waals surface area contributed by atoms with E-state index < -0.39 is 54.1 Å². The summed E-state index contributed by atoms with van der Waals surface area (Å²) >= 11 is 0. The average molecular weight is 1390 g/mol. The number of aliphatic hydroxyl groups is 1. The summed E-state index contributed by atoms with van der Waals surface area (Å²) in [6.07, 6.45) is 32.8. The smallest absolute Gasteiger partial charge is 0.416 e. The Morgan fingerprint density at radius 1 is 0.644 bits per heavy atom. The molecule has 1 aliphatic carbocycles. The molecule has 0 fully saturated rings. The molecule has 101 heavy (non-hydrogen) atoms. The highest BCUT2D eigenvalue weighted by Gasteiger charge is 2.45. The van der Waals surface area contributed by atoms with Crippen LogP contribution in [-0.4, -0.2) is 180 Å². The number of fused-ring (bicyclic) bond motifs is 4. The summed E-state index contributed by atoms with van der Waals surface area (Å²) in [6, 6.07) is 9.63.